The van der Waals surface area contributed by atoms with E-state index in [4.69, 9.17) is 19.2 Å². The fourth-order valence-corrected chi connectivity index (χ4v) is 4.02. The van der Waals surface area contributed by atoms with Gasteiger partial charge in [-0.1, -0.05) is 53.7 Å². The molecule has 0 radical (unpaired) electrons. The highest BCUT2D eigenvalue weighted by Crippen LogP contribution is 2.41. The van der Waals surface area contributed by atoms with Gasteiger partial charge in [0, 0.05) is 42.3 Å². The van der Waals surface area contributed by atoms with E-state index in [9.17, 15) is 5.11 Å². The minimum Gasteiger partial charge on any atom is -0.507 e. The molecule has 3 N–H and O–H groups in total. The van der Waals surface area contributed by atoms with Crippen LogP contribution in [0.1, 0.15) is 77.3 Å². The maximum atomic E-state index is 11.0. The lowest BCUT2D eigenvalue weighted by molar-refractivity contribution is 0.268. The Hall–Kier alpha value is -2.54. The molecule has 0 aliphatic carbocycles. The molecule has 2 aromatic carbocycles. The zero-order valence-corrected chi connectivity index (χ0v) is 24.0. The van der Waals surface area contributed by atoms with Crippen molar-refractivity contribution in [3.8, 4) is 23.0 Å². The molecule has 0 aliphatic heterocycles. The van der Waals surface area contributed by atoms with Crippen LogP contribution in [0.2, 0.25) is 0 Å². The standard InChI is InChI=1S/C30H42N2O4.ClH/c1-20(12-14-33)31-18-21-8-10-24(11-9-21)35-15-13-23-19-36-28(32-23)22-16-25(29(2,3)4)27(34)26(17-22)30(5,6)7;/h8-11,16-17,19-20,31,33-34H,12-15,18H2,1-7H3;1H. The van der Waals surface area contributed by atoms with Crippen LogP contribution in [0.15, 0.2) is 47.1 Å². The van der Waals surface area contributed by atoms with Crippen LogP contribution in [-0.2, 0) is 23.8 Å². The summed E-state index contributed by atoms with van der Waals surface area (Å²) in [6, 6.07) is 12.3. The summed E-state index contributed by atoms with van der Waals surface area (Å²) in [5, 5.41) is 23.4. The predicted molar refractivity (Wildman–Crippen MR) is 152 cm³/mol. The first-order chi connectivity index (χ1) is 16.9. The van der Waals surface area contributed by atoms with E-state index in [1.54, 1.807) is 6.26 Å². The van der Waals surface area contributed by atoms with Gasteiger partial charge >= 0.3 is 0 Å². The molecule has 1 aromatic heterocycles. The van der Waals surface area contributed by atoms with Crippen molar-refractivity contribution in [1.29, 1.82) is 0 Å². The Morgan fingerprint density at radius 1 is 1.00 bits per heavy atom. The van der Waals surface area contributed by atoms with Gasteiger partial charge in [-0.3, -0.25) is 0 Å². The molecule has 204 valence electrons. The van der Waals surface area contributed by atoms with Gasteiger partial charge in [0.2, 0.25) is 5.89 Å². The Morgan fingerprint density at radius 2 is 1.59 bits per heavy atom. The molecule has 1 unspecified atom stereocenters. The topological polar surface area (TPSA) is 87.8 Å². The van der Waals surface area contributed by atoms with E-state index >= 15 is 0 Å². The Balaban J connectivity index is 0.00000481. The highest BCUT2D eigenvalue weighted by atomic mass is 35.5. The molecule has 0 spiro atoms. The second-order valence-corrected chi connectivity index (χ2v) is 11.6. The number of hydrogen-bond donors (Lipinski definition) is 3. The zero-order chi connectivity index (χ0) is 26.5. The number of nitrogens with zero attached hydrogens (tertiary/aromatic N) is 1. The van der Waals surface area contributed by atoms with Crippen molar-refractivity contribution in [3.63, 3.8) is 0 Å². The largest absolute Gasteiger partial charge is 0.507 e. The number of ether oxygens (including phenoxy) is 1. The normalized spacial score (nSPS) is 12.8. The number of aromatic nitrogens is 1. The van der Waals surface area contributed by atoms with E-state index in [1.165, 1.54) is 5.56 Å². The average Bonchev–Trinajstić information content (AvgIpc) is 3.26. The number of hydrogen-bond acceptors (Lipinski definition) is 6. The van der Waals surface area contributed by atoms with E-state index < -0.39 is 0 Å². The second kappa shape index (κ2) is 12.8. The summed E-state index contributed by atoms with van der Waals surface area (Å²) in [5.74, 6) is 1.71. The monoisotopic (exact) mass is 530 g/mol. The molecular weight excluding hydrogens is 488 g/mol. The maximum Gasteiger partial charge on any atom is 0.226 e. The summed E-state index contributed by atoms with van der Waals surface area (Å²) < 4.78 is 11.8. The predicted octanol–water partition coefficient (Wildman–Crippen LogP) is 6.55. The van der Waals surface area contributed by atoms with Crippen LogP contribution in [-0.4, -0.2) is 34.5 Å². The molecule has 0 bridgehead atoms. The molecule has 0 aliphatic rings. The number of oxazole rings is 1. The number of benzene rings is 2. The fraction of sp³-hybridized carbons (Fsp3) is 0.500. The van der Waals surface area contributed by atoms with E-state index in [-0.39, 0.29) is 35.9 Å². The van der Waals surface area contributed by atoms with Gasteiger partial charge in [0.25, 0.3) is 0 Å². The Kier molecular flexibility index (Phi) is 10.6. The number of aromatic hydroxyl groups is 1. The number of phenols is 1. The summed E-state index contributed by atoms with van der Waals surface area (Å²) in [6.07, 6.45) is 3.05. The fourth-order valence-electron chi connectivity index (χ4n) is 4.02. The number of aliphatic hydroxyl groups is 1. The number of aliphatic hydroxyl groups excluding tert-OH is 1. The van der Waals surface area contributed by atoms with Crippen LogP contribution < -0.4 is 10.1 Å². The quantitative estimate of drug-likeness (QED) is 0.275. The number of rotatable bonds is 10. The van der Waals surface area contributed by atoms with Crippen LogP contribution >= 0.6 is 12.4 Å². The van der Waals surface area contributed by atoms with Gasteiger partial charge in [-0.15, -0.1) is 12.4 Å². The van der Waals surface area contributed by atoms with Gasteiger partial charge in [0.05, 0.1) is 12.3 Å². The molecule has 1 atom stereocenters. The van der Waals surface area contributed by atoms with Crippen LogP contribution in [0.3, 0.4) is 0 Å². The number of halogens is 1. The smallest absolute Gasteiger partial charge is 0.226 e. The molecule has 7 heteroatoms. The van der Waals surface area contributed by atoms with Crippen molar-refractivity contribution in [3.05, 3.63) is 65.0 Å². The Morgan fingerprint density at radius 3 is 2.14 bits per heavy atom. The van der Waals surface area contributed by atoms with Crippen LogP contribution in [0, 0.1) is 0 Å². The minimum absolute atomic E-state index is 0. The summed E-state index contributed by atoms with van der Waals surface area (Å²) in [4.78, 5) is 4.70. The van der Waals surface area contributed by atoms with E-state index in [1.807, 2.05) is 36.4 Å². The van der Waals surface area contributed by atoms with Crippen molar-refractivity contribution in [2.75, 3.05) is 13.2 Å². The van der Waals surface area contributed by atoms with E-state index in [0.717, 1.165) is 41.1 Å². The van der Waals surface area contributed by atoms with E-state index in [2.05, 4.69) is 53.8 Å². The van der Waals surface area contributed by atoms with Crippen LogP contribution in [0.4, 0.5) is 0 Å². The van der Waals surface area contributed by atoms with Crippen molar-refractivity contribution in [2.45, 2.75) is 84.7 Å². The SMILES string of the molecule is CC(CCO)NCc1ccc(OCCc2coc(-c3cc(C(C)(C)C)c(O)c(C(C)(C)C)c3)n2)cc1.Cl. The van der Waals surface area contributed by atoms with Crippen molar-refractivity contribution in [1.82, 2.24) is 10.3 Å². The lowest BCUT2D eigenvalue weighted by atomic mass is 9.78. The molecule has 6 nitrogen and oxygen atoms in total. The number of phenolic OH excluding ortho intramolecular Hbond substituents is 1. The first-order valence-corrected chi connectivity index (χ1v) is 12.8. The molecule has 3 rings (SSSR count). The van der Waals surface area contributed by atoms with Crippen molar-refractivity contribution < 1.29 is 19.4 Å². The highest BCUT2D eigenvalue weighted by molar-refractivity contribution is 5.85. The highest BCUT2D eigenvalue weighted by Gasteiger charge is 2.27. The summed E-state index contributed by atoms with van der Waals surface area (Å²) in [7, 11) is 0. The van der Waals surface area contributed by atoms with Crippen molar-refractivity contribution >= 4 is 12.4 Å². The van der Waals surface area contributed by atoms with Gasteiger partial charge in [-0.25, -0.2) is 4.98 Å². The minimum atomic E-state index is -0.216. The second-order valence-electron chi connectivity index (χ2n) is 11.6. The van der Waals surface area contributed by atoms with Gasteiger partial charge in [0.15, 0.2) is 0 Å². The lowest BCUT2D eigenvalue weighted by Crippen LogP contribution is -2.26. The van der Waals surface area contributed by atoms with Gasteiger partial charge in [-0.05, 0) is 54.0 Å². The molecule has 0 saturated carbocycles. The summed E-state index contributed by atoms with van der Waals surface area (Å²) in [6.45, 7) is 16.1. The Labute approximate surface area is 227 Å². The molecule has 37 heavy (non-hydrogen) atoms. The molecule has 0 amide bonds. The lowest BCUT2D eigenvalue weighted by Gasteiger charge is -2.27. The average molecular weight is 531 g/mol. The number of nitrogens with one attached hydrogen (secondary N) is 1. The summed E-state index contributed by atoms with van der Waals surface area (Å²) in [5.41, 5.74) is 4.20. The summed E-state index contributed by atoms with van der Waals surface area (Å²) >= 11 is 0. The van der Waals surface area contributed by atoms with Crippen LogP contribution in [0.25, 0.3) is 11.5 Å². The van der Waals surface area contributed by atoms with Gasteiger partial charge in [-0.2, -0.15) is 0 Å². The molecule has 0 fully saturated rings. The molecular formula is C30H43ClN2O4. The first kappa shape index (κ1) is 30.7. The third kappa shape index (κ3) is 8.49. The maximum absolute atomic E-state index is 11.0. The zero-order valence-electron chi connectivity index (χ0n) is 23.2. The molecule has 0 saturated heterocycles. The van der Waals surface area contributed by atoms with Crippen LogP contribution in [0.5, 0.6) is 11.5 Å². The third-order valence-electron chi connectivity index (χ3n) is 6.29. The Bertz CT molecular complexity index is 1090. The van der Waals surface area contributed by atoms with E-state index in [0.29, 0.717) is 24.7 Å². The van der Waals surface area contributed by atoms with Gasteiger partial charge < -0.3 is 24.7 Å². The molecule has 3 aromatic rings. The van der Waals surface area contributed by atoms with Gasteiger partial charge in [0.1, 0.15) is 17.8 Å². The third-order valence-corrected chi connectivity index (χ3v) is 6.29. The first-order valence-electron chi connectivity index (χ1n) is 12.8. The van der Waals surface area contributed by atoms with Crippen molar-refractivity contribution in [2.24, 2.45) is 0 Å². The molecule has 1 heterocycles.